The summed E-state index contributed by atoms with van der Waals surface area (Å²) < 4.78 is 2.50. The molecule has 4 nitrogen and oxygen atoms in total. The van der Waals surface area contributed by atoms with Gasteiger partial charge in [-0.05, 0) is 74.8 Å². The number of pyridine rings is 2. The van der Waals surface area contributed by atoms with E-state index in [9.17, 15) is 0 Å². The fourth-order valence-electron chi connectivity index (χ4n) is 8.89. The van der Waals surface area contributed by atoms with Crippen LogP contribution in [0.5, 0.6) is 0 Å². The largest absolute Gasteiger partial charge is 0.308 e. The molecule has 48 heavy (non-hydrogen) atoms. The highest BCUT2D eigenvalue weighted by Crippen LogP contribution is 2.61. The Morgan fingerprint density at radius 2 is 1.19 bits per heavy atom. The topological polar surface area (TPSA) is 35.1 Å². The van der Waals surface area contributed by atoms with Crippen LogP contribution in [0.1, 0.15) is 22.3 Å². The van der Waals surface area contributed by atoms with Crippen molar-refractivity contribution in [3.8, 4) is 27.9 Å². The molecule has 0 radical (unpaired) electrons. The molecule has 1 aliphatic heterocycles. The van der Waals surface area contributed by atoms with Gasteiger partial charge in [0.1, 0.15) is 0 Å². The minimum absolute atomic E-state index is 0.513. The first kappa shape index (κ1) is 25.6. The predicted octanol–water partition coefficient (Wildman–Crippen LogP) is 10.8. The van der Waals surface area contributed by atoms with Gasteiger partial charge in [0.05, 0.1) is 39.7 Å². The number of fused-ring (bicyclic) bond motifs is 17. The second-order valence-corrected chi connectivity index (χ2v) is 12.8. The average Bonchev–Trinajstić information content (AvgIpc) is 3.66. The minimum atomic E-state index is -0.513. The monoisotopic (exact) mass is 608 g/mol. The van der Waals surface area contributed by atoms with Crippen LogP contribution in [0.4, 0.5) is 5.69 Å². The minimum Gasteiger partial charge on any atom is -0.308 e. The first-order chi connectivity index (χ1) is 23.8. The Balaban J connectivity index is 1.33. The lowest BCUT2D eigenvalue weighted by Crippen LogP contribution is -2.33. The number of aromatic nitrogens is 3. The van der Waals surface area contributed by atoms with Crippen LogP contribution in [0.25, 0.3) is 76.4 Å². The van der Waals surface area contributed by atoms with Gasteiger partial charge in [-0.2, -0.15) is 0 Å². The second kappa shape index (κ2) is 9.03. The van der Waals surface area contributed by atoms with Gasteiger partial charge in [0.25, 0.3) is 0 Å². The molecule has 1 unspecified atom stereocenters. The van der Waals surface area contributed by atoms with Crippen molar-refractivity contribution in [1.29, 1.82) is 0 Å². The molecule has 0 N–H and O–H groups in total. The van der Waals surface area contributed by atoms with Crippen molar-refractivity contribution in [2.75, 3.05) is 0 Å². The van der Waals surface area contributed by atoms with Crippen molar-refractivity contribution in [3.05, 3.63) is 180 Å². The van der Waals surface area contributed by atoms with E-state index >= 15 is 0 Å². The van der Waals surface area contributed by atoms with Crippen LogP contribution in [0.3, 0.4) is 0 Å². The van der Waals surface area contributed by atoms with E-state index in [1.165, 1.54) is 60.9 Å². The molecule has 0 fully saturated rings. The van der Waals surface area contributed by atoms with E-state index in [1.807, 2.05) is 36.7 Å². The third-order valence-electron chi connectivity index (χ3n) is 10.7. The molecular weight excluding hydrogens is 585 g/mol. The molecule has 3 aromatic heterocycles. The molecule has 4 heteroatoms. The molecule has 220 valence electrons. The smallest absolute Gasteiger partial charge is 0.187 e. The van der Waals surface area contributed by atoms with E-state index in [-0.39, 0.29) is 0 Å². The molecule has 11 rings (SSSR count). The van der Waals surface area contributed by atoms with E-state index in [0.717, 1.165) is 32.9 Å². The van der Waals surface area contributed by atoms with E-state index in [2.05, 4.69) is 119 Å². The van der Waals surface area contributed by atoms with Gasteiger partial charge in [0, 0.05) is 33.9 Å². The number of hydrogen-bond acceptors (Lipinski definition) is 2. The van der Waals surface area contributed by atoms with Crippen LogP contribution in [0.15, 0.2) is 146 Å². The first-order valence-electron chi connectivity index (χ1n) is 16.2. The van der Waals surface area contributed by atoms with E-state index in [4.69, 9.17) is 16.5 Å². The Morgan fingerprint density at radius 3 is 2.02 bits per heavy atom. The van der Waals surface area contributed by atoms with Gasteiger partial charge < -0.3 is 4.57 Å². The third kappa shape index (κ3) is 2.95. The summed E-state index contributed by atoms with van der Waals surface area (Å²) in [6.45, 7) is 7.40. The highest BCUT2D eigenvalue weighted by Gasteiger charge is 2.50. The molecule has 9 aromatic rings. The maximum absolute atomic E-state index is 7.40. The van der Waals surface area contributed by atoms with Crippen LogP contribution >= 0.6 is 0 Å². The summed E-state index contributed by atoms with van der Waals surface area (Å²) in [5.41, 5.74) is 15.5. The normalized spacial score (nSPS) is 15.6. The van der Waals surface area contributed by atoms with Crippen molar-refractivity contribution in [2.45, 2.75) is 5.41 Å². The maximum atomic E-state index is 7.40. The standard InChI is InChI=1S/C44H24N4/c1-45-28-20-17-26(18-21-28)27-19-22-35-33(25-27)29-9-2-3-13-34(29)44(35)36-14-4-5-16-38(36)48-42-31(10-6-15-37(42)44)39-30-11-7-23-46-40(30)41-32(43(39)48)12-8-24-47-41/h2-25H. The summed E-state index contributed by atoms with van der Waals surface area (Å²) in [5, 5.41) is 4.66. The molecule has 0 bridgehead atoms. The van der Waals surface area contributed by atoms with Gasteiger partial charge >= 0.3 is 0 Å². The fourth-order valence-corrected chi connectivity index (χ4v) is 8.89. The molecule has 4 heterocycles. The summed E-state index contributed by atoms with van der Waals surface area (Å²) >= 11 is 0. The fraction of sp³-hybridized carbons (Fsp3) is 0.0227. The molecule has 1 aliphatic carbocycles. The van der Waals surface area contributed by atoms with Crippen molar-refractivity contribution >= 4 is 49.3 Å². The highest BCUT2D eigenvalue weighted by atomic mass is 15.0. The van der Waals surface area contributed by atoms with Crippen LogP contribution in [-0.2, 0) is 5.41 Å². The van der Waals surface area contributed by atoms with Gasteiger partial charge in [-0.25, -0.2) is 4.85 Å². The number of benzene rings is 6. The zero-order valence-electron chi connectivity index (χ0n) is 25.6. The SMILES string of the molecule is [C-]#[N+]c1ccc(-c2ccc3c(c2)-c2ccccc2C32c3ccccc3-n3c4c2cccc4c2c4cccnc4c4ncccc4c23)cc1. The Hall–Kier alpha value is -6.57. The number of nitrogens with zero attached hydrogens (tertiary/aromatic N) is 4. The van der Waals surface area contributed by atoms with Crippen molar-refractivity contribution in [3.63, 3.8) is 0 Å². The first-order valence-corrected chi connectivity index (χ1v) is 16.2. The Morgan fingerprint density at radius 1 is 0.521 bits per heavy atom. The zero-order chi connectivity index (χ0) is 31.6. The summed E-state index contributed by atoms with van der Waals surface area (Å²) in [5.74, 6) is 0. The summed E-state index contributed by atoms with van der Waals surface area (Å²) in [7, 11) is 0. The summed E-state index contributed by atoms with van der Waals surface area (Å²) in [4.78, 5) is 13.4. The maximum Gasteiger partial charge on any atom is 0.187 e. The lowest BCUT2D eigenvalue weighted by atomic mass is 9.65. The van der Waals surface area contributed by atoms with Gasteiger partial charge in [-0.1, -0.05) is 103 Å². The second-order valence-electron chi connectivity index (χ2n) is 12.8. The molecule has 1 spiro atoms. The van der Waals surface area contributed by atoms with Crippen LogP contribution in [0.2, 0.25) is 0 Å². The van der Waals surface area contributed by atoms with Gasteiger partial charge in [0.2, 0.25) is 0 Å². The number of hydrogen-bond donors (Lipinski definition) is 0. The van der Waals surface area contributed by atoms with E-state index in [1.54, 1.807) is 0 Å². The molecular formula is C44H24N4. The average molecular weight is 609 g/mol. The predicted molar refractivity (Wildman–Crippen MR) is 194 cm³/mol. The molecule has 0 saturated carbocycles. The van der Waals surface area contributed by atoms with Crippen LogP contribution < -0.4 is 0 Å². The Labute approximate surface area is 276 Å². The van der Waals surface area contributed by atoms with E-state index < -0.39 is 5.41 Å². The van der Waals surface area contributed by atoms with Gasteiger partial charge in [-0.15, -0.1) is 0 Å². The number of rotatable bonds is 1. The lowest BCUT2D eigenvalue weighted by molar-refractivity contribution is 0.749. The van der Waals surface area contributed by atoms with Gasteiger partial charge in [-0.3, -0.25) is 9.97 Å². The highest BCUT2D eigenvalue weighted by molar-refractivity contribution is 6.31. The van der Waals surface area contributed by atoms with Crippen molar-refractivity contribution in [1.82, 2.24) is 14.5 Å². The zero-order valence-corrected chi connectivity index (χ0v) is 25.6. The molecule has 1 atom stereocenters. The molecule has 2 aliphatic rings. The Kier molecular flexibility index (Phi) is 4.82. The van der Waals surface area contributed by atoms with Crippen LogP contribution in [-0.4, -0.2) is 14.5 Å². The van der Waals surface area contributed by atoms with Gasteiger partial charge in [0.15, 0.2) is 5.69 Å². The molecule has 6 aromatic carbocycles. The molecule has 0 saturated heterocycles. The molecule has 0 amide bonds. The Bertz CT molecular complexity index is 2910. The van der Waals surface area contributed by atoms with E-state index in [0.29, 0.717) is 5.69 Å². The third-order valence-corrected chi connectivity index (χ3v) is 10.7. The van der Waals surface area contributed by atoms with Crippen molar-refractivity contribution < 1.29 is 0 Å². The van der Waals surface area contributed by atoms with Crippen LogP contribution in [0, 0.1) is 6.57 Å². The summed E-state index contributed by atoms with van der Waals surface area (Å²) in [6.07, 6.45) is 3.74. The quantitative estimate of drug-likeness (QED) is 0.137. The van der Waals surface area contributed by atoms with Crippen molar-refractivity contribution in [2.24, 2.45) is 0 Å². The lowest BCUT2D eigenvalue weighted by Gasteiger charge is -2.39. The summed E-state index contributed by atoms with van der Waals surface area (Å²) in [6, 6.07) is 48.1. The number of para-hydroxylation sites is 2.